The summed E-state index contributed by atoms with van der Waals surface area (Å²) in [4.78, 5) is 11.9. The molecule has 1 saturated heterocycles. The number of carbonyl (C=O) groups is 1. The zero-order valence-corrected chi connectivity index (χ0v) is 12.2. The van der Waals surface area contributed by atoms with Crippen molar-refractivity contribution in [3.05, 3.63) is 18.0 Å². The minimum Gasteiger partial charge on any atom is -0.351 e. The Balaban J connectivity index is 1.83. The predicted molar refractivity (Wildman–Crippen MR) is 78.7 cm³/mol. The van der Waals surface area contributed by atoms with Gasteiger partial charge in [-0.25, -0.2) is 0 Å². The monoisotopic (exact) mass is 282 g/mol. The molecule has 1 aliphatic heterocycles. The van der Waals surface area contributed by atoms with Gasteiger partial charge in [-0.05, 0) is 43.9 Å². The Bertz CT molecular complexity index is 401. The van der Waals surface area contributed by atoms with Crippen molar-refractivity contribution in [2.75, 3.05) is 31.6 Å². The van der Waals surface area contributed by atoms with Gasteiger partial charge in [0.05, 0.1) is 6.04 Å². The van der Waals surface area contributed by atoms with E-state index < -0.39 is 0 Å². The summed E-state index contributed by atoms with van der Waals surface area (Å²) in [5.41, 5.74) is 0.523. The fourth-order valence-electron chi connectivity index (χ4n) is 2.23. The topological polar surface area (TPSA) is 59.0 Å². The molecule has 0 aliphatic carbocycles. The molecule has 1 fully saturated rings. The van der Waals surface area contributed by atoms with Gasteiger partial charge >= 0.3 is 0 Å². The molecule has 6 heteroatoms. The van der Waals surface area contributed by atoms with Crippen LogP contribution < -0.4 is 10.6 Å². The van der Waals surface area contributed by atoms with E-state index >= 15 is 0 Å². The number of rotatable bonds is 6. The molecule has 0 spiro atoms. The Kier molecular flexibility index (Phi) is 5.72. The first-order valence-corrected chi connectivity index (χ1v) is 8.23. The Hall–Kier alpha value is -1.01. The van der Waals surface area contributed by atoms with Crippen LogP contribution in [0.4, 0.5) is 0 Å². The van der Waals surface area contributed by atoms with E-state index in [0.29, 0.717) is 11.7 Å². The van der Waals surface area contributed by atoms with Gasteiger partial charge < -0.3 is 10.6 Å². The number of nitrogens with one attached hydrogen (secondary N) is 2. The van der Waals surface area contributed by atoms with E-state index in [-0.39, 0.29) is 5.91 Å². The lowest BCUT2D eigenvalue weighted by Gasteiger charge is -2.22. The first-order valence-electron chi connectivity index (χ1n) is 6.84. The van der Waals surface area contributed by atoms with Gasteiger partial charge in [0.15, 0.2) is 0 Å². The lowest BCUT2D eigenvalue weighted by atomic mass is 10.1. The second-order valence-electron chi connectivity index (χ2n) is 4.78. The lowest BCUT2D eigenvalue weighted by Crippen LogP contribution is -2.32. The summed E-state index contributed by atoms with van der Waals surface area (Å²) in [5, 5.41) is 10.7. The molecule has 5 nitrogen and oxygen atoms in total. The molecule has 2 N–H and O–H groups in total. The summed E-state index contributed by atoms with van der Waals surface area (Å²) >= 11 is 1.79. The van der Waals surface area contributed by atoms with Gasteiger partial charge in [0, 0.05) is 19.3 Å². The lowest BCUT2D eigenvalue weighted by molar-refractivity contribution is 0.0947. The first-order chi connectivity index (χ1) is 9.31. The van der Waals surface area contributed by atoms with Gasteiger partial charge in [0.2, 0.25) is 0 Å². The van der Waals surface area contributed by atoms with Crippen LogP contribution in [0.3, 0.4) is 0 Å². The van der Waals surface area contributed by atoms with Crippen molar-refractivity contribution < 1.29 is 4.79 Å². The van der Waals surface area contributed by atoms with Crippen molar-refractivity contribution in [3.8, 4) is 0 Å². The second kappa shape index (κ2) is 7.55. The summed E-state index contributed by atoms with van der Waals surface area (Å²) in [6, 6.07) is 2.19. The highest BCUT2D eigenvalue weighted by Crippen LogP contribution is 2.15. The maximum Gasteiger partial charge on any atom is 0.271 e. The van der Waals surface area contributed by atoms with Gasteiger partial charge in [-0.2, -0.15) is 16.9 Å². The van der Waals surface area contributed by atoms with Crippen LogP contribution in [0.5, 0.6) is 0 Å². The second-order valence-corrected chi connectivity index (χ2v) is 5.77. The molecule has 0 aromatic carbocycles. The van der Waals surface area contributed by atoms with Crippen molar-refractivity contribution in [2.45, 2.75) is 25.3 Å². The third-order valence-corrected chi connectivity index (χ3v) is 3.99. The van der Waals surface area contributed by atoms with Crippen LogP contribution >= 0.6 is 11.8 Å². The highest BCUT2D eigenvalue weighted by molar-refractivity contribution is 7.98. The van der Waals surface area contributed by atoms with Crippen LogP contribution in [-0.4, -0.2) is 47.3 Å². The average molecular weight is 282 g/mol. The molecular weight excluding hydrogens is 260 g/mol. The molecule has 1 aromatic rings. The molecule has 1 unspecified atom stereocenters. The summed E-state index contributed by atoms with van der Waals surface area (Å²) in [5.74, 6) is 1.01. The van der Waals surface area contributed by atoms with Crippen LogP contribution in [0.25, 0.3) is 0 Å². The minimum atomic E-state index is -0.0661. The Morgan fingerprint density at radius 3 is 3.32 bits per heavy atom. The summed E-state index contributed by atoms with van der Waals surface area (Å²) in [7, 11) is 0. The van der Waals surface area contributed by atoms with Crippen LogP contribution in [0.2, 0.25) is 0 Å². The van der Waals surface area contributed by atoms with Gasteiger partial charge in [0.25, 0.3) is 5.91 Å². The number of thioether (sulfide) groups is 1. The summed E-state index contributed by atoms with van der Waals surface area (Å²) < 4.78 is 1.92. The highest BCUT2D eigenvalue weighted by Gasteiger charge is 2.17. The molecule has 1 aromatic heterocycles. The zero-order valence-electron chi connectivity index (χ0n) is 11.4. The molecule has 0 bridgehead atoms. The minimum absolute atomic E-state index is 0.0661. The normalized spacial score (nSPS) is 19.3. The SMILES string of the molecule is CSCCCNC(=O)c1ccn(C2CCCNC2)n1. The van der Waals surface area contributed by atoms with E-state index in [2.05, 4.69) is 22.0 Å². The number of carbonyl (C=O) groups excluding carboxylic acids is 1. The van der Waals surface area contributed by atoms with Gasteiger partial charge in [-0.3, -0.25) is 9.48 Å². The van der Waals surface area contributed by atoms with Crippen molar-refractivity contribution in [2.24, 2.45) is 0 Å². The van der Waals surface area contributed by atoms with E-state index in [9.17, 15) is 4.79 Å². The van der Waals surface area contributed by atoms with Crippen molar-refractivity contribution in [1.82, 2.24) is 20.4 Å². The number of aromatic nitrogens is 2. The van der Waals surface area contributed by atoms with Crippen LogP contribution in [0.15, 0.2) is 12.3 Å². The molecule has 1 amide bonds. The largest absolute Gasteiger partial charge is 0.351 e. The van der Waals surface area contributed by atoms with E-state index in [1.165, 1.54) is 6.42 Å². The molecule has 106 valence electrons. The van der Waals surface area contributed by atoms with E-state index in [4.69, 9.17) is 0 Å². The Morgan fingerprint density at radius 1 is 1.68 bits per heavy atom. The van der Waals surface area contributed by atoms with Crippen molar-refractivity contribution in [3.63, 3.8) is 0 Å². The molecule has 2 rings (SSSR count). The standard InChI is InChI=1S/C13H22N4OS/c1-19-9-3-7-15-13(18)12-5-8-17(16-12)11-4-2-6-14-10-11/h5,8,11,14H,2-4,6-7,9-10H2,1H3,(H,15,18). The van der Waals surface area contributed by atoms with Crippen LogP contribution in [0.1, 0.15) is 35.8 Å². The Labute approximate surface area is 118 Å². The number of amides is 1. The number of piperidine rings is 1. The van der Waals surface area contributed by atoms with E-state index in [1.807, 2.05) is 10.9 Å². The predicted octanol–water partition coefficient (Wildman–Crippen LogP) is 1.29. The van der Waals surface area contributed by atoms with Crippen molar-refractivity contribution >= 4 is 17.7 Å². The number of nitrogens with zero attached hydrogens (tertiary/aromatic N) is 2. The molecule has 0 radical (unpaired) electrons. The summed E-state index contributed by atoms with van der Waals surface area (Å²) in [6.45, 7) is 2.74. The molecule has 1 aliphatic rings. The molecule has 2 heterocycles. The van der Waals surface area contributed by atoms with Gasteiger partial charge in [-0.15, -0.1) is 0 Å². The molecule has 0 saturated carbocycles. The van der Waals surface area contributed by atoms with Crippen LogP contribution in [0, 0.1) is 0 Å². The number of hydrogen-bond acceptors (Lipinski definition) is 4. The fourth-order valence-corrected chi connectivity index (χ4v) is 2.66. The quantitative estimate of drug-likeness (QED) is 0.772. The van der Waals surface area contributed by atoms with Crippen molar-refractivity contribution in [1.29, 1.82) is 0 Å². The van der Waals surface area contributed by atoms with E-state index in [1.54, 1.807) is 17.8 Å². The summed E-state index contributed by atoms with van der Waals surface area (Å²) in [6.07, 6.45) is 7.28. The fraction of sp³-hybridized carbons (Fsp3) is 0.692. The maximum absolute atomic E-state index is 11.9. The van der Waals surface area contributed by atoms with Gasteiger partial charge in [0.1, 0.15) is 5.69 Å². The molecule has 19 heavy (non-hydrogen) atoms. The smallest absolute Gasteiger partial charge is 0.271 e. The maximum atomic E-state index is 11.9. The molecule has 1 atom stereocenters. The Morgan fingerprint density at radius 2 is 2.58 bits per heavy atom. The highest BCUT2D eigenvalue weighted by atomic mass is 32.2. The van der Waals surface area contributed by atoms with Gasteiger partial charge in [-0.1, -0.05) is 0 Å². The number of hydrogen-bond donors (Lipinski definition) is 2. The van der Waals surface area contributed by atoms with Crippen LogP contribution in [-0.2, 0) is 0 Å². The third-order valence-electron chi connectivity index (χ3n) is 3.30. The van der Waals surface area contributed by atoms with E-state index in [0.717, 1.165) is 38.2 Å². The first kappa shape index (κ1) is 14.4. The zero-order chi connectivity index (χ0) is 13.5. The molecular formula is C13H22N4OS. The average Bonchev–Trinajstić information content (AvgIpc) is 2.94. The third kappa shape index (κ3) is 4.24.